The van der Waals surface area contributed by atoms with Gasteiger partial charge in [0.2, 0.25) is 5.91 Å². The molecule has 0 spiro atoms. The average molecular weight is 296 g/mol. The molecule has 1 N–H and O–H groups in total. The molecule has 2 saturated carbocycles. The van der Waals surface area contributed by atoms with Gasteiger partial charge >= 0.3 is 5.97 Å². The lowest BCUT2D eigenvalue weighted by atomic mass is 9.94. The van der Waals surface area contributed by atoms with Crippen LogP contribution in [-0.4, -0.2) is 60.0 Å². The van der Waals surface area contributed by atoms with Crippen LogP contribution in [0.3, 0.4) is 0 Å². The van der Waals surface area contributed by atoms with E-state index in [1.54, 1.807) is 0 Å². The van der Waals surface area contributed by atoms with Crippen LogP contribution >= 0.6 is 0 Å². The number of carboxylic acid groups (broad SMARTS) is 1. The Labute approximate surface area is 127 Å². The predicted molar refractivity (Wildman–Crippen MR) is 81.0 cm³/mol. The Bertz CT molecular complexity index is 378. The van der Waals surface area contributed by atoms with Gasteiger partial charge in [-0.05, 0) is 39.8 Å². The molecule has 2 rings (SSSR count). The van der Waals surface area contributed by atoms with Gasteiger partial charge in [-0.2, -0.15) is 0 Å². The number of likely N-dealkylation sites (N-methyl/N-ethyl adjacent to an activating group) is 1. The number of rotatable bonds is 6. The summed E-state index contributed by atoms with van der Waals surface area (Å²) in [6, 6.07) is 0.326. The van der Waals surface area contributed by atoms with E-state index < -0.39 is 11.9 Å². The minimum atomic E-state index is -0.801. The molecule has 0 radical (unpaired) electrons. The smallest absolute Gasteiger partial charge is 0.307 e. The second-order valence-electron chi connectivity index (χ2n) is 6.76. The minimum Gasteiger partial charge on any atom is -0.481 e. The van der Waals surface area contributed by atoms with Crippen LogP contribution in [-0.2, 0) is 9.59 Å². The second-order valence-corrected chi connectivity index (χ2v) is 6.76. The van der Waals surface area contributed by atoms with Crippen molar-refractivity contribution in [2.24, 2.45) is 11.8 Å². The fourth-order valence-corrected chi connectivity index (χ4v) is 3.76. The van der Waals surface area contributed by atoms with Gasteiger partial charge in [0, 0.05) is 19.1 Å². The van der Waals surface area contributed by atoms with Crippen LogP contribution in [0, 0.1) is 11.8 Å². The average Bonchev–Trinajstić information content (AvgIpc) is 3.09. The standard InChI is InChI=1S/C16H28N2O3/c1-17(2)10-11-18(12-6-3-4-7-12)15(19)13-8-5-9-14(13)16(20)21/h12-14H,3-11H2,1-2H3,(H,20,21). The molecular weight excluding hydrogens is 268 g/mol. The maximum Gasteiger partial charge on any atom is 0.307 e. The van der Waals surface area contributed by atoms with Crippen LogP contribution in [0.25, 0.3) is 0 Å². The maximum absolute atomic E-state index is 12.9. The van der Waals surface area contributed by atoms with E-state index >= 15 is 0 Å². The van der Waals surface area contributed by atoms with Crippen molar-refractivity contribution in [1.29, 1.82) is 0 Å². The molecule has 0 heterocycles. The van der Waals surface area contributed by atoms with Gasteiger partial charge in [-0.25, -0.2) is 0 Å². The Morgan fingerprint density at radius 1 is 0.952 bits per heavy atom. The Morgan fingerprint density at radius 2 is 1.57 bits per heavy atom. The van der Waals surface area contributed by atoms with Crippen LogP contribution in [0.15, 0.2) is 0 Å². The van der Waals surface area contributed by atoms with Gasteiger partial charge in [-0.3, -0.25) is 9.59 Å². The molecule has 0 bridgehead atoms. The van der Waals surface area contributed by atoms with Crippen molar-refractivity contribution < 1.29 is 14.7 Å². The van der Waals surface area contributed by atoms with Gasteiger partial charge in [-0.1, -0.05) is 19.3 Å². The molecule has 2 atom stereocenters. The van der Waals surface area contributed by atoms with Crippen molar-refractivity contribution in [3.63, 3.8) is 0 Å². The van der Waals surface area contributed by atoms with E-state index in [-0.39, 0.29) is 11.8 Å². The lowest BCUT2D eigenvalue weighted by Crippen LogP contribution is -2.47. The van der Waals surface area contributed by atoms with Crippen molar-refractivity contribution in [1.82, 2.24) is 9.80 Å². The van der Waals surface area contributed by atoms with E-state index in [0.29, 0.717) is 12.5 Å². The van der Waals surface area contributed by atoms with Crippen molar-refractivity contribution in [2.45, 2.75) is 51.0 Å². The summed E-state index contributed by atoms with van der Waals surface area (Å²) in [6.45, 7) is 1.56. The van der Waals surface area contributed by atoms with Crippen LogP contribution in [0.1, 0.15) is 44.9 Å². The lowest BCUT2D eigenvalue weighted by molar-refractivity contribution is -0.150. The van der Waals surface area contributed by atoms with Gasteiger partial charge in [-0.15, -0.1) is 0 Å². The second kappa shape index (κ2) is 7.25. The summed E-state index contributed by atoms with van der Waals surface area (Å²) in [5.41, 5.74) is 0. The van der Waals surface area contributed by atoms with Gasteiger partial charge in [0.05, 0.1) is 11.8 Å². The van der Waals surface area contributed by atoms with Crippen molar-refractivity contribution in [3.05, 3.63) is 0 Å². The van der Waals surface area contributed by atoms with Crippen LogP contribution in [0.2, 0.25) is 0 Å². The maximum atomic E-state index is 12.9. The number of hydrogen-bond donors (Lipinski definition) is 1. The lowest BCUT2D eigenvalue weighted by Gasteiger charge is -2.33. The molecule has 0 aliphatic heterocycles. The molecule has 5 nitrogen and oxygen atoms in total. The number of nitrogens with zero attached hydrogens (tertiary/aromatic N) is 2. The fourth-order valence-electron chi connectivity index (χ4n) is 3.76. The van der Waals surface area contributed by atoms with Gasteiger partial charge in [0.15, 0.2) is 0 Å². The SMILES string of the molecule is CN(C)CCN(C(=O)C1CCCC1C(=O)O)C1CCCC1. The highest BCUT2D eigenvalue weighted by atomic mass is 16.4. The quantitative estimate of drug-likeness (QED) is 0.812. The Hall–Kier alpha value is -1.10. The highest BCUT2D eigenvalue weighted by Gasteiger charge is 2.41. The molecule has 21 heavy (non-hydrogen) atoms. The minimum absolute atomic E-state index is 0.0913. The number of carbonyl (C=O) groups is 2. The molecule has 1 amide bonds. The first-order chi connectivity index (χ1) is 10.0. The normalized spacial score (nSPS) is 26.4. The largest absolute Gasteiger partial charge is 0.481 e. The molecule has 0 saturated heterocycles. The van der Waals surface area contributed by atoms with Gasteiger partial charge < -0.3 is 14.9 Å². The van der Waals surface area contributed by atoms with E-state index in [1.165, 1.54) is 12.8 Å². The highest BCUT2D eigenvalue weighted by Crippen LogP contribution is 2.35. The first-order valence-corrected chi connectivity index (χ1v) is 8.18. The first kappa shape index (κ1) is 16.3. The zero-order chi connectivity index (χ0) is 15.4. The Morgan fingerprint density at radius 3 is 2.14 bits per heavy atom. The number of hydrogen-bond acceptors (Lipinski definition) is 3. The topological polar surface area (TPSA) is 60.9 Å². The van der Waals surface area contributed by atoms with Crippen molar-refractivity contribution >= 4 is 11.9 Å². The highest BCUT2D eigenvalue weighted by molar-refractivity contribution is 5.85. The van der Waals surface area contributed by atoms with E-state index in [4.69, 9.17) is 0 Å². The predicted octanol–water partition coefficient (Wildman–Crippen LogP) is 1.82. The van der Waals surface area contributed by atoms with E-state index in [2.05, 4.69) is 4.90 Å². The molecule has 0 aromatic heterocycles. The molecule has 5 heteroatoms. The Balaban J connectivity index is 2.07. The van der Waals surface area contributed by atoms with Gasteiger partial charge in [0.25, 0.3) is 0 Å². The van der Waals surface area contributed by atoms with Crippen LogP contribution in [0.4, 0.5) is 0 Å². The van der Waals surface area contributed by atoms with Crippen molar-refractivity contribution in [2.75, 3.05) is 27.2 Å². The number of amides is 1. The summed E-state index contributed by atoms with van der Waals surface area (Å²) in [5.74, 6) is -1.48. The number of carboxylic acids is 1. The summed E-state index contributed by atoms with van der Waals surface area (Å²) in [7, 11) is 4.01. The number of carbonyl (C=O) groups excluding carboxylic acids is 1. The molecule has 0 aromatic rings. The van der Waals surface area contributed by atoms with Gasteiger partial charge in [0.1, 0.15) is 0 Å². The third kappa shape index (κ3) is 3.96. The molecule has 2 fully saturated rings. The summed E-state index contributed by atoms with van der Waals surface area (Å²) >= 11 is 0. The monoisotopic (exact) mass is 296 g/mol. The van der Waals surface area contributed by atoms with Crippen LogP contribution in [0.5, 0.6) is 0 Å². The molecular formula is C16H28N2O3. The zero-order valence-electron chi connectivity index (χ0n) is 13.3. The molecule has 120 valence electrons. The molecule has 2 aliphatic carbocycles. The van der Waals surface area contributed by atoms with E-state index in [0.717, 1.165) is 38.8 Å². The van der Waals surface area contributed by atoms with E-state index in [9.17, 15) is 14.7 Å². The molecule has 0 aromatic carbocycles. The Kier molecular flexibility index (Phi) is 5.62. The molecule has 2 aliphatic rings. The van der Waals surface area contributed by atoms with E-state index in [1.807, 2.05) is 19.0 Å². The molecule has 2 unspecified atom stereocenters. The zero-order valence-corrected chi connectivity index (χ0v) is 13.3. The van der Waals surface area contributed by atoms with Crippen LogP contribution < -0.4 is 0 Å². The third-order valence-corrected chi connectivity index (χ3v) is 4.99. The number of aliphatic carboxylic acids is 1. The summed E-state index contributed by atoms with van der Waals surface area (Å²) in [6.07, 6.45) is 6.76. The van der Waals surface area contributed by atoms with Crippen molar-refractivity contribution in [3.8, 4) is 0 Å². The fraction of sp³-hybridized carbons (Fsp3) is 0.875. The summed E-state index contributed by atoms with van der Waals surface area (Å²) < 4.78 is 0. The third-order valence-electron chi connectivity index (χ3n) is 4.99. The first-order valence-electron chi connectivity index (χ1n) is 8.18. The summed E-state index contributed by atoms with van der Waals surface area (Å²) in [5, 5.41) is 9.32. The summed E-state index contributed by atoms with van der Waals surface area (Å²) in [4.78, 5) is 28.3.